The van der Waals surface area contributed by atoms with E-state index in [1.807, 2.05) is 0 Å². The molecule has 2 heterocycles. The molecule has 0 radical (unpaired) electrons. The highest BCUT2D eigenvalue weighted by Gasteiger charge is 2.26. The van der Waals surface area contributed by atoms with Gasteiger partial charge in [0.25, 0.3) is 0 Å². The number of hydrogen-bond acceptors (Lipinski definition) is 3. The molecule has 1 aliphatic rings. The molecular formula is C13H20N4O3. The van der Waals surface area contributed by atoms with Crippen LogP contribution in [0.3, 0.4) is 0 Å². The lowest BCUT2D eigenvalue weighted by Crippen LogP contribution is -2.45. The average Bonchev–Trinajstić information content (AvgIpc) is 2.91. The second kappa shape index (κ2) is 6.40. The van der Waals surface area contributed by atoms with Gasteiger partial charge < -0.3 is 14.9 Å². The fourth-order valence-electron chi connectivity index (χ4n) is 2.52. The van der Waals surface area contributed by atoms with E-state index in [2.05, 4.69) is 10.2 Å². The van der Waals surface area contributed by atoms with Crippen LogP contribution in [0.15, 0.2) is 12.4 Å². The van der Waals surface area contributed by atoms with Crippen molar-refractivity contribution < 1.29 is 14.7 Å². The van der Waals surface area contributed by atoms with Gasteiger partial charge in [0, 0.05) is 38.3 Å². The molecule has 110 valence electrons. The summed E-state index contributed by atoms with van der Waals surface area (Å²) < 4.78 is 0. The Bertz CT molecular complexity index is 452. The van der Waals surface area contributed by atoms with Crippen LogP contribution in [0.2, 0.25) is 0 Å². The molecule has 0 bridgehead atoms. The molecule has 0 aromatic carbocycles. The number of carbonyl (C=O) groups excluding carboxylic acids is 1. The van der Waals surface area contributed by atoms with Gasteiger partial charge >= 0.3 is 12.0 Å². The topological polar surface area (TPSA) is 89.5 Å². The van der Waals surface area contributed by atoms with Gasteiger partial charge in [0.2, 0.25) is 0 Å². The SMILES string of the molecule is CN(Cc1cn[nH]c1)C(=O)N1CCC(CC(=O)O)CC1. The van der Waals surface area contributed by atoms with E-state index in [0.29, 0.717) is 19.6 Å². The number of aromatic nitrogens is 2. The average molecular weight is 280 g/mol. The van der Waals surface area contributed by atoms with Crippen LogP contribution >= 0.6 is 0 Å². The number of nitrogens with zero attached hydrogens (tertiary/aromatic N) is 3. The zero-order valence-electron chi connectivity index (χ0n) is 11.6. The lowest BCUT2D eigenvalue weighted by Gasteiger charge is -2.34. The molecule has 0 unspecified atom stereocenters. The van der Waals surface area contributed by atoms with Crippen LogP contribution in [-0.4, -0.2) is 57.2 Å². The molecule has 0 saturated carbocycles. The van der Waals surface area contributed by atoms with Crippen molar-refractivity contribution in [3.8, 4) is 0 Å². The quantitative estimate of drug-likeness (QED) is 0.865. The number of carboxylic acids is 1. The third kappa shape index (κ3) is 3.72. The van der Waals surface area contributed by atoms with Crippen molar-refractivity contribution in [2.75, 3.05) is 20.1 Å². The highest BCUT2D eigenvalue weighted by Crippen LogP contribution is 2.21. The standard InChI is InChI=1S/C13H20N4O3/c1-16(9-11-7-14-15-8-11)13(20)17-4-2-10(3-5-17)6-12(18)19/h7-8,10H,2-6,9H2,1H3,(H,14,15)(H,18,19). The Hall–Kier alpha value is -2.05. The third-order valence-corrected chi connectivity index (χ3v) is 3.65. The smallest absolute Gasteiger partial charge is 0.320 e. The third-order valence-electron chi connectivity index (χ3n) is 3.65. The van der Waals surface area contributed by atoms with Crippen LogP contribution < -0.4 is 0 Å². The number of piperidine rings is 1. The van der Waals surface area contributed by atoms with Crippen LogP contribution in [0.25, 0.3) is 0 Å². The largest absolute Gasteiger partial charge is 0.481 e. The van der Waals surface area contributed by atoms with Crippen LogP contribution in [-0.2, 0) is 11.3 Å². The van der Waals surface area contributed by atoms with Gasteiger partial charge in [0.05, 0.1) is 12.7 Å². The summed E-state index contributed by atoms with van der Waals surface area (Å²) >= 11 is 0. The van der Waals surface area contributed by atoms with Crippen molar-refractivity contribution in [3.05, 3.63) is 18.0 Å². The summed E-state index contributed by atoms with van der Waals surface area (Å²) in [4.78, 5) is 26.4. The number of carbonyl (C=O) groups is 2. The lowest BCUT2D eigenvalue weighted by atomic mass is 9.94. The number of aliphatic carboxylic acids is 1. The molecule has 2 N–H and O–H groups in total. The zero-order chi connectivity index (χ0) is 14.5. The molecule has 0 aliphatic carbocycles. The fraction of sp³-hybridized carbons (Fsp3) is 0.615. The van der Waals surface area contributed by atoms with Crippen molar-refractivity contribution in [3.63, 3.8) is 0 Å². The summed E-state index contributed by atoms with van der Waals surface area (Å²) in [7, 11) is 1.76. The molecular weight excluding hydrogens is 260 g/mol. The van der Waals surface area contributed by atoms with E-state index in [9.17, 15) is 9.59 Å². The predicted octanol–water partition coefficient (Wildman–Crippen LogP) is 1.15. The molecule has 2 rings (SSSR count). The van der Waals surface area contributed by atoms with Crippen LogP contribution in [0, 0.1) is 5.92 Å². The maximum atomic E-state index is 12.3. The van der Waals surface area contributed by atoms with Crippen molar-refractivity contribution in [1.82, 2.24) is 20.0 Å². The van der Waals surface area contributed by atoms with Crippen LogP contribution in [0.5, 0.6) is 0 Å². The molecule has 1 aromatic rings. The molecule has 1 aliphatic heterocycles. The maximum Gasteiger partial charge on any atom is 0.320 e. The molecule has 20 heavy (non-hydrogen) atoms. The minimum absolute atomic E-state index is 0.0139. The van der Waals surface area contributed by atoms with Gasteiger partial charge in [0.1, 0.15) is 0 Å². The Labute approximate surface area is 117 Å². The normalized spacial score (nSPS) is 16.1. The van der Waals surface area contributed by atoms with Gasteiger partial charge in [-0.1, -0.05) is 0 Å². The molecule has 0 atom stereocenters. The summed E-state index contributed by atoms with van der Waals surface area (Å²) in [5, 5.41) is 15.3. The summed E-state index contributed by atoms with van der Waals surface area (Å²) in [6, 6.07) is -0.0139. The fourth-order valence-corrected chi connectivity index (χ4v) is 2.52. The number of hydrogen-bond donors (Lipinski definition) is 2. The van der Waals surface area contributed by atoms with E-state index in [4.69, 9.17) is 5.11 Å². The van der Waals surface area contributed by atoms with E-state index in [0.717, 1.165) is 18.4 Å². The molecule has 1 saturated heterocycles. The number of likely N-dealkylation sites (tertiary alicyclic amines) is 1. The van der Waals surface area contributed by atoms with E-state index in [-0.39, 0.29) is 18.4 Å². The molecule has 1 aromatic heterocycles. The molecule has 0 spiro atoms. The number of urea groups is 1. The second-order valence-corrected chi connectivity index (χ2v) is 5.27. The van der Waals surface area contributed by atoms with E-state index >= 15 is 0 Å². The highest BCUT2D eigenvalue weighted by molar-refractivity contribution is 5.74. The first-order valence-electron chi connectivity index (χ1n) is 6.75. The second-order valence-electron chi connectivity index (χ2n) is 5.27. The summed E-state index contributed by atoms with van der Waals surface area (Å²) in [5.41, 5.74) is 0.960. The van der Waals surface area contributed by atoms with Crippen molar-refractivity contribution in [2.45, 2.75) is 25.8 Å². The van der Waals surface area contributed by atoms with Crippen molar-refractivity contribution in [1.29, 1.82) is 0 Å². The van der Waals surface area contributed by atoms with E-state index in [1.165, 1.54) is 0 Å². The maximum absolute atomic E-state index is 12.3. The van der Waals surface area contributed by atoms with E-state index < -0.39 is 5.97 Å². The number of carboxylic acid groups (broad SMARTS) is 1. The molecule has 2 amide bonds. The van der Waals surface area contributed by atoms with Gasteiger partial charge in [-0.3, -0.25) is 9.89 Å². The Balaban J connectivity index is 1.80. The number of aromatic amines is 1. The van der Waals surface area contributed by atoms with Gasteiger partial charge in [0.15, 0.2) is 0 Å². The minimum Gasteiger partial charge on any atom is -0.481 e. The number of nitrogens with one attached hydrogen (secondary N) is 1. The first kappa shape index (κ1) is 14.4. The van der Waals surface area contributed by atoms with Gasteiger partial charge in [-0.05, 0) is 18.8 Å². The first-order chi connectivity index (χ1) is 9.56. The minimum atomic E-state index is -0.758. The Morgan fingerprint density at radius 1 is 1.50 bits per heavy atom. The Kier molecular flexibility index (Phi) is 4.60. The predicted molar refractivity (Wildman–Crippen MR) is 72.0 cm³/mol. The zero-order valence-corrected chi connectivity index (χ0v) is 11.6. The van der Waals surface area contributed by atoms with E-state index in [1.54, 1.807) is 29.2 Å². The summed E-state index contributed by atoms with van der Waals surface area (Å²) in [6.07, 6.45) is 5.19. The van der Waals surface area contributed by atoms with Gasteiger partial charge in [-0.25, -0.2) is 4.79 Å². The number of amides is 2. The van der Waals surface area contributed by atoms with Crippen LogP contribution in [0.4, 0.5) is 4.79 Å². The van der Waals surface area contributed by atoms with Crippen molar-refractivity contribution >= 4 is 12.0 Å². The molecule has 1 fully saturated rings. The molecule has 7 heteroatoms. The summed E-state index contributed by atoms with van der Waals surface area (Å²) in [6.45, 7) is 1.78. The Morgan fingerprint density at radius 3 is 2.75 bits per heavy atom. The van der Waals surface area contributed by atoms with Crippen molar-refractivity contribution in [2.24, 2.45) is 5.92 Å². The number of H-pyrrole nitrogens is 1. The number of rotatable bonds is 4. The lowest BCUT2D eigenvalue weighted by molar-refractivity contribution is -0.138. The van der Waals surface area contributed by atoms with Crippen LogP contribution in [0.1, 0.15) is 24.8 Å². The highest BCUT2D eigenvalue weighted by atomic mass is 16.4. The Morgan fingerprint density at radius 2 is 2.20 bits per heavy atom. The monoisotopic (exact) mass is 280 g/mol. The first-order valence-corrected chi connectivity index (χ1v) is 6.75. The van der Waals surface area contributed by atoms with Gasteiger partial charge in [-0.2, -0.15) is 5.10 Å². The molecule has 7 nitrogen and oxygen atoms in total. The summed E-state index contributed by atoms with van der Waals surface area (Å²) in [5.74, 6) is -0.567. The van der Waals surface area contributed by atoms with Gasteiger partial charge in [-0.15, -0.1) is 0 Å².